The predicted octanol–water partition coefficient (Wildman–Crippen LogP) is 0.375. The van der Waals surface area contributed by atoms with Gasteiger partial charge in [0.05, 0.1) is 18.5 Å². The lowest BCUT2D eigenvalue weighted by molar-refractivity contribution is 0.224. The van der Waals surface area contributed by atoms with Crippen LogP contribution in [0.1, 0.15) is 6.92 Å². The fourth-order valence-electron chi connectivity index (χ4n) is 1.07. The smallest absolute Gasteiger partial charge is 0.394 e. The van der Waals surface area contributed by atoms with Gasteiger partial charge in [0.15, 0.2) is 0 Å². The summed E-state index contributed by atoms with van der Waals surface area (Å²) < 4.78 is 36.6. The summed E-state index contributed by atoms with van der Waals surface area (Å²) in [6.45, 7) is 1.62. The van der Waals surface area contributed by atoms with E-state index < -0.39 is 16.6 Å². The molecule has 0 aliphatic heterocycles. The number of rotatable bonds is 3. The molecule has 0 fully saturated rings. The van der Waals surface area contributed by atoms with Gasteiger partial charge in [0.1, 0.15) is 12.0 Å². The molecule has 0 saturated heterocycles. The number of hydrogen-bond acceptors (Lipinski definition) is 6. The third-order valence-electron chi connectivity index (χ3n) is 1.65. The summed E-state index contributed by atoms with van der Waals surface area (Å²) in [4.78, 5) is 0. The van der Waals surface area contributed by atoms with Crippen molar-refractivity contribution in [1.82, 2.24) is 0 Å². The van der Waals surface area contributed by atoms with Gasteiger partial charge < -0.3 is 20.9 Å². The van der Waals surface area contributed by atoms with Crippen LogP contribution < -0.4 is 15.8 Å². The van der Waals surface area contributed by atoms with Crippen molar-refractivity contribution >= 4 is 21.8 Å². The molecule has 0 amide bonds. The SMILES string of the molecule is COc1cccc(NC(C)O)c1N.O=S(=O)(O)O. The molecule has 1 aromatic carbocycles. The lowest BCUT2D eigenvalue weighted by Crippen LogP contribution is -2.14. The molecule has 0 radical (unpaired) electrons. The van der Waals surface area contributed by atoms with Gasteiger partial charge in [-0.2, -0.15) is 8.42 Å². The maximum atomic E-state index is 9.09. The van der Waals surface area contributed by atoms with Crippen LogP contribution in [0.4, 0.5) is 11.4 Å². The van der Waals surface area contributed by atoms with E-state index in [-0.39, 0.29) is 0 Å². The minimum Gasteiger partial charge on any atom is -0.495 e. The van der Waals surface area contributed by atoms with Gasteiger partial charge in [-0.15, -0.1) is 0 Å². The van der Waals surface area contributed by atoms with Crippen LogP contribution in [0.25, 0.3) is 0 Å². The standard InChI is InChI=1S/C9H14N2O2.H2O4S/c1-6(12)11-7-4-3-5-8(13-2)9(7)10;1-5(2,3)4/h3-6,11-12H,10H2,1-2H3;(H2,1,2,3,4). The van der Waals surface area contributed by atoms with Gasteiger partial charge >= 0.3 is 10.4 Å². The Morgan fingerprint density at radius 1 is 1.39 bits per heavy atom. The van der Waals surface area contributed by atoms with E-state index in [1.807, 2.05) is 0 Å². The van der Waals surface area contributed by atoms with E-state index in [0.717, 1.165) is 0 Å². The number of aliphatic hydroxyl groups is 1. The Kier molecular flexibility index (Phi) is 6.41. The molecule has 0 spiro atoms. The zero-order valence-corrected chi connectivity index (χ0v) is 10.7. The maximum Gasteiger partial charge on any atom is 0.394 e. The lowest BCUT2D eigenvalue weighted by atomic mass is 10.2. The number of aliphatic hydroxyl groups excluding tert-OH is 1. The number of nitrogen functional groups attached to an aromatic ring is 1. The van der Waals surface area contributed by atoms with E-state index in [1.54, 1.807) is 32.2 Å². The zero-order chi connectivity index (χ0) is 14.3. The number of hydrogen-bond donors (Lipinski definition) is 5. The summed E-state index contributed by atoms with van der Waals surface area (Å²) >= 11 is 0. The Balaban J connectivity index is 0.000000494. The van der Waals surface area contributed by atoms with Gasteiger partial charge in [0.25, 0.3) is 0 Å². The van der Waals surface area contributed by atoms with E-state index in [1.165, 1.54) is 0 Å². The second-order valence-electron chi connectivity index (χ2n) is 3.19. The molecule has 0 bridgehead atoms. The molecule has 1 rings (SSSR count). The Hall–Kier alpha value is -1.55. The first-order chi connectivity index (χ1) is 8.15. The van der Waals surface area contributed by atoms with Gasteiger partial charge in [0, 0.05) is 0 Å². The van der Waals surface area contributed by atoms with E-state index in [0.29, 0.717) is 17.1 Å². The number of nitrogens with two attached hydrogens (primary N) is 1. The average Bonchev–Trinajstić information content (AvgIpc) is 2.18. The quantitative estimate of drug-likeness (QED) is 0.304. The zero-order valence-electron chi connectivity index (χ0n) is 9.86. The van der Waals surface area contributed by atoms with Gasteiger partial charge in [-0.3, -0.25) is 9.11 Å². The number of nitrogens with one attached hydrogen (secondary N) is 1. The number of benzene rings is 1. The van der Waals surface area contributed by atoms with Crippen molar-refractivity contribution in [2.24, 2.45) is 0 Å². The van der Waals surface area contributed by atoms with E-state index in [9.17, 15) is 0 Å². The second kappa shape index (κ2) is 7.01. The number of methoxy groups -OCH3 is 1. The van der Waals surface area contributed by atoms with Gasteiger partial charge in [-0.05, 0) is 19.1 Å². The monoisotopic (exact) mass is 280 g/mol. The third-order valence-corrected chi connectivity index (χ3v) is 1.65. The van der Waals surface area contributed by atoms with Gasteiger partial charge in [0.2, 0.25) is 0 Å². The summed E-state index contributed by atoms with van der Waals surface area (Å²) in [5.41, 5.74) is 6.92. The first-order valence-electron chi connectivity index (χ1n) is 4.72. The molecular formula is C9H16N2O6S. The minimum atomic E-state index is -4.67. The highest BCUT2D eigenvalue weighted by atomic mass is 32.3. The number of anilines is 2. The molecule has 0 aromatic heterocycles. The summed E-state index contributed by atoms with van der Waals surface area (Å²) in [6.07, 6.45) is -0.630. The summed E-state index contributed by atoms with van der Waals surface area (Å²) in [5.74, 6) is 0.602. The van der Waals surface area contributed by atoms with E-state index >= 15 is 0 Å². The summed E-state index contributed by atoms with van der Waals surface area (Å²) in [7, 11) is -3.11. The average molecular weight is 280 g/mol. The number of para-hydroxylation sites is 1. The van der Waals surface area contributed by atoms with Crippen molar-refractivity contribution in [3.8, 4) is 5.75 Å². The van der Waals surface area contributed by atoms with Crippen LogP contribution in [0.5, 0.6) is 5.75 Å². The van der Waals surface area contributed by atoms with Crippen molar-refractivity contribution in [2.75, 3.05) is 18.2 Å². The minimum absolute atomic E-state index is 0.505. The first-order valence-corrected chi connectivity index (χ1v) is 6.11. The number of ether oxygens (including phenoxy) is 1. The molecule has 8 nitrogen and oxygen atoms in total. The van der Waals surface area contributed by atoms with Crippen LogP contribution in [0.2, 0.25) is 0 Å². The summed E-state index contributed by atoms with van der Waals surface area (Å²) in [5, 5.41) is 11.9. The van der Waals surface area contributed by atoms with E-state index in [2.05, 4.69) is 5.32 Å². The fourth-order valence-corrected chi connectivity index (χ4v) is 1.07. The molecule has 0 aliphatic carbocycles. The molecule has 1 atom stereocenters. The fraction of sp³-hybridized carbons (Fsp3) is 0.333. The Morgan fingerprint density at radius 3 is 2.28 bits per heavy atom. The molecule has 0 aliphatic rings. The summed E-state index contributed by atoms with van der Waals surface area (Å²) in [6, 6.07) is 5.35. The molecular weight excluding hydrogens is 264 g/mol. The van der Waals surface area contributed by atoms with Crippen LogP contribution in [0, 0.1) is 0 Å². The highest BCUT2D eigenvalue weighted by Crippen LogP contribution is 2.28. The largest absolute Gasteiger partial charge is 0.495 e. The molecule has 1 aromatic rings. The highest BCUT2D eigenvalue weighted by Gasteiger charge is 2.05. The van der Waals surface area contributed by atoms with Crippen LogP contribution in [-0.2, 0) is 10.4 Å². The Bertz CT molecular complexity index is 466. The van der Waals surface area contributed by atoms with Crippen molar-refractivity contribution < 1.29 is 27.4 Å². The molecule has 18 heavy (non-hydrogen) atoms. The van der Waals surface area contributed by atoms with Crippen LogP contribution in [0.3, 0.4) is 0 Å². The van der Waals surface area contributed by atoms with Gasteiger partial charge in [-0.1, -0.05) is 6.07 Å². The van der Waals surface area contributed by atoms with Crippen LogP contribution in [-0.4, -0.2) is 36.0 Å². The molecule has 104 valence electrons. The van der Waals surface area contributed by atoms with Crippen molar-refractivity contribution in [1.29, 1.82) is 0 Å². The lowest BCUT2D eigenvalue weighted by Gasteiger charge is -2.13. The molecule has 0 heterocycles. The third kappa shape index (κ3) is 7.68. The van der Waals surface area contributed by atoms with Gasteiger partial charge in [-0.25, -0.2) is 0 Å². The highest BCUT2D eigenvalue weighted by molar-refractivity contribution is 7.79. The molecule has 9 heteroatoms. The van der Waals surface area contributed by atoms with E-state index in [4.69, 9.17) is 33.1 Å². The Labute approximate surface area is 105 Å². The predicted molar refractivity (Wildman–Crippen MR) is 66.9 cm³/mol. The van der Waals surface area contributed by atoms with Crippen molar-refractivity contribution in [3.63, 3.8) is 0 Å². The second-order valence-corrected chi connectivity index (χ2v) is 4.09. The normalized spacial score (nSPS) is 12.1. The molecule has 0 saturated carbocycles. The molecule has 6 N–H and O–H groups in total. The van der Waals surface area contributed by atoms with Crippen LogP contribution in [0.15, 0.2) is 18.2 Å². The topological polar surface area (TPSA) is 142 Å². The van der Waals surface area contributed by atoms with Crippen molar-refractivity contribution in [3.05, 3.63) is 18.2 Å². The first kappa shape index (κ1) is 16.4. The maximum absolute atomic E-state index is 9.09. The van der Waals surface area contributed by atoms with Crippen molar-refractivity contribution in [2.45, 2.75) is 13.2 Å². The molecule has 1 unspecified atom stereocenters. The Morgan fingerprint density at radius 2 is 1.89 bits per heavy atom. The van der Waals surface area contributed by atoms with Crippen LogP contribution >= 0.6 is 0 Å².